The van der Waals surface area contributed by atoms with Gasteiger partial charge in [-0.05, 0) is 49.4 Å². The first-order chi connectivity index (χ1) is 14.5. The van der Waals surface area contributed by atoms with Gasteiger partial charge in [0.15, 0.2) is 11.6 Å². The number of aryl methyl sites for hydroxylation is 1. The Hall–Kier alpha value is -3.06. The van der Waals surface area contributed by atoms with Crippen LogP contribution >= 0.6 is 11.6 Å². The minimum Gasteiger partial charge on any atom is -0.349 e. The predicted molar refractivity (Wildman–Crippen MR) is 114 cm³/mol. The molecule has 1 amide bonds. The van der Waals surface area contributed by atoms with Crippen LogP contribution < -0.4 is 10.9 Å². The molecule has 1 saturated carbocycles. The topological polar surface area (TPSA) is 101 Å². The summed E-state index contributed by atoms with van der Waals surface area (Å²) in [6.07, 6.45) is 6.42. The maximum atomic E-state index is 12.8. The van der Waals surface area contributed by atoms with Crippen LogP contribution in [0.5, 0.6) is 0 Å². The van der Waals surface area contributed by atoms with E-state index >= 15 is 0 Å². The van der Waals surface area contributed by atoms with E-state index in [2.05, 4.69) is 25.3 Å². The van der Waals surface area contributed by atoms with Gasteiger partial charge in [-0.25, -0.2) is 15.0 Å². The SMILES string of the molecule is Cc1nc(-c2ncccn2)[nH]c(=O)c1CC(=O)NC(c1ccc(Cl)cc1)C1CCC1. The third-order valence-corrected chi connectivity index (χ3v) is 5.76. The molecule has 0 radical (unpaired) electrons. The number of carbonyl (C=O) groups excluding carboxylic acids is 1. The van der Waals surface area contributed by atoms with Crippen LogP contribution in [0.15, 0.2) is 47.5 Å². The van der Waals surface area contributed by atoms with Gasteiger partial charge >= 0.3 is 0 Å². The molecule has 4 rings (SSSR count). The molecule has 1 fully saturated rings. The van der Waals surface area contributed by atoms with Crippen LogP contribution in [-0.4, -0.2) is 25.8 Å². The highest BCUT2D eigenvalue weighted by Crippen LogP contribution is 2.38. The van der Waals surface area contributed by atoms with Crippen LogP contribution in [0.4, 0.5) is 0 Å². The van der Waals surface area contributed by atoms with Crippen molar-refractivity contribution in [2.45, 2.75) is 38.6 Å². The Morgan fingerprint density at radius 3 is 2.53 bits per heavy atom. The van der Waals surface area contributed by atoms with Crippen LogP contribution in [0.25, 0.3) is 11.6 Å². The number of benzene rings is 1. The summed E-state index contributed by atoms with van der Waals surface area (Å²) in [4.78, 5) is 40.7. The van der Waals surface area contributed by atoms with Crippen molar-refractivity contribution in [3.8, 4) is 11.6 Å². The maximum absolute atomic E-state index is 12.8. The van der Waals surface area contributed by atoms with Crippen molar-refractivity contribution in [1.29, 1.82) is 0 Å². The number of nitrogens with zero attached hydrogens (tertiary/aromatic N) is 3. The molecule has 1 atom stereocenters. The summed E-state index contributed by atoms with van der Waals surface area (Å²) < 4.78 is 0. The van der Waals surface area contributed by atoms with Crippen LogP contribution in [0.3, 0.4) is 0 Å². The zero-order valence-electron chi connectivity index (χ0n) is 16.6. The molecule has 2 aromatic heterocycles. The first-order valence-electron chi connectivity index (χ1n) is 9.93. The number of H-pyrrole nitrogens is 1. The van der Waals surface area contributed by atoms with E-state index in [0.717, 1.165) is 24.8 Å². The van der Waals surface area contributed by atoms with Gasteiger partial charge in [-0.1, -0.05) is 30.2 Å². The number of amides is 1. The molecule has 1 unspecified atom stereocenters. The highest BCUT2D eigenvalue weighted by atomic mass is 35.5. The molecule has 8 heteroatoms. The second-order valence-corrected chi connectivity index (χ2v) is 7.95. The van der Waals surface area contributed by atoms with Crippen LogP contribution in [0.1, 0.15) is 42.1 Å². The predicted octanol–water partition coefficient (Wildman–Crippen LogP) is 3.39. The summed E-state index contributed by atoms with van der Waals surface area (Å²) >= 11 is 6.01. The molecule has 2 heterocycles. The molecule has 1 aliphatic rings. The zero-order valence-corrected chi connectivity index (χ0v) is 17.3. The summed E-state index contributed by atoms with van der Waals surface area (Å²) in [5, 5.41) is 3.78. The van der Waals surface area contributed by atoms with E-state index < -0.39 is 0 Å². The quantitative estimate of drug-likeness (QED) is 0.632. The number of nitrogens with one attached hydrogen (secondary N) is 2. The fraction of sp³-hybridized carbons (Fsp3) is 0.318. The third kappa shape index (κ3) is 4.41. The number of carbonyl (C=O) groups is 1. The normalized spacial score (nSPS) is 14.7. The molecule has 0 bridgehead atoms. The standard InChI is InChI=1S/C22H22ClN5O2/c1-13-17(22(30)28-21(26-13)20-24-10-3-11-25-20)12-18(29)27-19(14-4-2-5-14)15-6-8-16(23)9-7-15/h3,6-11,14,19H,2,4-5,12H2,1H3,(H,27,29)(H,26,28,30). The number of aromatic amines is 1. The molecule has 1 aromatic carbocycles. The van der Waals surface area contributed by atoms with Crippen molar-refractivity contribution >= 4 is 17.5 Å². The van der Waals surface area contributed by atoms with Crippen molar-refractivity contribution < 1.29 is 4.79 Å². The van der Waals surface area contributed by atoms with Gasteiger partial charge in [0.2, 0.25) is 5.91 Å². The van der Waals surface area contributed by atoms with E-state index in [9.17, 15) is 9.59 Å². The Bertz CT molecular complexity index is 1090. The van der Waals surface area contributed by atoms with Crippen molar-refractivity contribution in [1.82, 2.24) is 25.3 Å². The van der Waals surface area contributed by atoms with Gasteiger partial charge in [-0.2, -0.15) is 0 Å². The van der Waals surface area contributed by atoms with E-state index in [1.54, 1.807) is 25.4 Å². The van der Waals surface area contributed by atoms with Crippen molar-refractivity contribution in [2.75, 3.05) is 0 Å². The molecule has 30 heavy (non-hydrogen) atoms. The lowest BCUT2D eigenvalue weighted by atomic mass is 9.77. The number of halogens is 1. The van der Waals surface area contributed by atoms with Gasteiger partial charge < -0.3 is 10.3 Å². The second kappa shape index (κ2) is 8.75. The molecular formula is C22H22ClN5O2. The Morgan fingerprint density at radius 1 is 1.23 bits per heavy atom. The second-order valence-electron chi connectivity index (χ2n) is 7.52. The Labute approximate surface area is 179 Å². The van der Waals surface area contributed by atoms with Gasteiger partial charge in [0.25, 0.3) is 5.56 Å². The monoisotopic (exact) mass is 423 g/mol. The van der Waals surface area contributed by atoms with Crippen molar-refractivity contribution in [3.63, 3.8) is 0 Å². The average molecular weight is 424 g/mol. The molecule has 1 aliphatic carbocycles. The molecule has 0 spiro atoms. The summed E-state index contributed by atoms with van der Waals surface area (Å²) in [6.45, 7) is 1.72. The first kappa shape index (κ1) is 20.2. The molecule has 0 aliphatic heterocycles. The number of hydrogen-bond donors (Lipinski definition) is 2. The Kier molecular flexibility index (Phi) is 5.90. The van der Waals surface area contributed by atoms with Crippen LogP contribution in [0.2, 0.25) is 5.02 Å². The molecule has 154 valence electrons. The fourth-order valence-electron chi connectivity index (χ4n) is 3.65. The zero-order chi connectivity index (χ0) is 21.1. The smallest absolute Gasteiger partial charge is 0.255 e. The van der Waals surface area contributed by atoms with Gasteiger partial charge in [0, 0.05) is 28.7 Å². The summed E-state index contributed by atoms with van der Waals surface area (Å²) in [6, 6.07) is 9.15. The van der Waals surface area contributed by atoms with E-state index in [0.29, 0.717) is 28.0 Å². The lowest BCUT2D eigenvalue weighted by molar-refractivity contribution is -0.121. The van der Waals surface area contributed by atoms with Crippen molar-refractivity contribution in [2.24, 2.45) is 5.92 Å². The van der Waals surface area contributed by atoms with E-state index in [4.69, 9.17) is 11.6 Å². The fourth-order valence-corrected chi connectivity index (χ4v) is 3.77. The van der Waals surface area contributed by atoms with E-state index in [1.165, 1.54) is 0 Å². The number of rotatable bonds is 6. The highest BCUT2D eigenvalue weighted by molar-refractivity contribution is 6.30. The maximum Gasteiger partial charge on any atom is 0.255 e. The molecule has 2 N–H and O–H groups in total. The molecular weight excluding hydrogens is 402 g/mol. The number of aromatic nitrogens is 4. The summed E-state index contributed by atoms with van der Waals surface area (Å²) in [7, 11) is 0. The lowest BCUT2D eigenvalue weighted by Gasteiger charge is -2.34. The lowest BCUT2D eigenvalue weighted by Crippen LogP contribution is -2.38. The minimum atomic E-state index is -0.355. The summed E-state index contributed by atoms with van der Waals surface area (Å²) in [5.41, 5.74) is 1.50. The van der Waals surface area contributed by atoms with E-state index in [-0.39, 0.29) is 29.8 Å². The Balaban J connectivity index is 1.52. The molecule has 3 aromatic rings. The van der Waals surface area contributed by atoms with Crippen LogP contribution in [0, 0.1) is 12.8 Å². The average Bonchev–Trinajstić information content (AvgIpc) is 2.70. The van der Waals surface area contributed by atoms with Gasteiger partial charge in [0.05, 0.1) is 12.5 Å². The summed E-state index contributed by atoms with van der Waals surface area (Å²) in [5.74, 6) is 0.809. The van der Waals surface area contributed by atoms with Gasteiger partial charge in [-0.3, -0.25) is 9.59 Å². The minimum absolute atomic E-state index is 0.0408. The Morgan fingerprint density at radius 2 is 1.93 bits per heavy atom. The first-order valence-corrected chi connectivity index (χ1v) is 10.3. The van der Waals surface area contributed by atoms with Gasteiger partial charge in [-0.15, -0.1) is 0 Å². The van der Waals surface area contributed by atoms with E-state index in [1.807, 2.05) is 24.3 Å². The molecule has 0 saturated heterocycles. The van der Waals surface area contributed by atoms with Crippen molar-refractivity contribution in [3.05, 3.63) is 74.9 Å². The molecule has 7 nitrogen and oxygen atoms in total. The van der Waals surface area contributed by atoms with Crippen LogP contribution in [-0.2, 0) is 11.2 Å². The highest BCUT2D eigenvalue weighted by Gasteiger charge is 2.30. The largest absolute Gasteiger partial charge is 0.349 e. The third-order valence-electron chi connectivity index (χ3n) is 5.50. The van der Waals surface area contributed by atoms with Gasteiger partial charge in [0.1, 0.15) is 0 Å². The number of hydrogen-bond acceptors (Lipinski definition) is 5.